The van der Waals surface area contributed by atoms with E-state index in [1.165, 1.54) is 0 Å². The third-order valence-electron chi connectivity index (χ3n) is 3.72. The second kappa shape index (κ2) is 6.75. The minimum atomic E-state index is 0.0241. The first-order valence-corrected chi connectivity index (χ1v) is 8.48. The predicted molar refractivity (Wildman–Crippen MR) is 86.7 cm³/mol. The minimum Gasteiger partial charge on any atom is -0.332 e. The molecule has 1 aliphatic heterocycles. The van der Waals surface area contributed by atoms with E-state index >= 15 is 0 Å². The Morgan fingerprint density at radius 2 is 2.00 bits per heavy atom. The highest BCUT2D eigenvalue weighted by molar-refractivity contribution is 7.09. The van der Waals surface area contributed by atoms with Gasteiger partial charge in [0.25, 0.3) is 0 Å². The van der Waals surface area contributed by atoms with Crippen LogP contribution in [0.15, 0.2) is 5.38 Å². The molecule has 2 heterocycles. The molecule has 1 aliphatic rings. The molecular formula is C15H26N4OS. The Balaban J connectivity index is 1.80. The number of rotatable bonds is 3. The van der Waals surface area contributed by atoms with Gasteiger partial charge in [0.1, 0.15) is 0 Å². The lowest BCUT2D eigenvalue weighted by molar-refractivity contribution is 0.142. The second-order valence-corrected chi connectivity index (χ2v) is 7.33. The molecule has 1 fully saturated rings. The van der Waals surface area contributed by atoms with Gasteiger partial charge in [0, 0.05) is 37.0 Å². The number of aromatic nitrogens is 1. The molecule has 0 aliphatic carbocycles. The van der Waals surface area contributed by atoms with E-state index in [1.807, 2.05) is 10.3 Å². The van der Waals surface area contributed by atoms with E-state index in [4.69, 9.17) is 0 Å². The van der Waals surface area contributed by atoms with Crippen molar-refractivity contribution in [1.29, 1.82) is 0 Å². The smallest absolute Gasteiger partial charge is 0.317 e. The van der Waals surface area contributed by atoms with Gasteiger partial charge >= 0.3 is 6.03 Å². The zero-order chi connectivity index (χ0) is 15.5. The van der Waals surface area contributed by atoms with Gasteiger partial charge in [0.15, 0.2) is 0 Å². The van der Waals surface area contributed by atoms with Crippen LogP contribution in [-0.2, 0) is 12.0 Å². The minimum absolute atomic E-state index is 0.0241. The van der Waals surface area contributed by atoms with Crippen LogP contribution in [0.1, 0.15) is 38.4 Å². The Labute approximate surface area is 131 Å². The maximum Gasteiger partial charge on any atom is 0.317 e. The molecule has 6 heteroatoms. The Morgan fingerprint density at radius 1 is 1.33 bits per heavy atom. The van der Waals surface area contributed by atoms with E-state index in [-0.39, 0.29) is 11.4 Å². The van der Waals surface area contributed by atoms with Crippen LogP contribution in [0.5, 0.6) is 0 Å². The number of carbonyl (C=O) groups is 1. The number of amides is 2. The van der Waals surface area contributed by atoms with Crippen molar-refractivity contribution in [2.45, 2.75) is 39.7 Å². The summed E-state index contributed by atoms with van der Waals surface area (Å²) in [5.41, 5.74) is 1.02. The number of carbonyl (C=O) groups excluding carboxylic acids is 1. The van der Waals surface area contributed by atoms with Gasteiger partial charge in [-0.1, -0.05) is 27.7 Å². The summed E-state index contributed by atoms with van der Waals surface area (Å²) in [6, 6.07) is 0.0241. The molecule has 0 unspecified atom stereocenters. The number of hydrogen-bond acceptors (Lipinski definition) is 4. The molecule has 1 aromatic heterocycles. The Morgan fingerprint density at radius 3 is 2.52 bits per heavy atom. The predicted octanol–water partition coefficient (Wildman–Crippen LogP) is 2.29. The molecule has 2 rings (SSSR count). The van der Waals surface area contributed by atoms with Gasteiger partial charge in [-0.3, -0.25) is 0 Å². The Bertz CT molecular complexity index is 472. The van der Waals surface area contributed by atoms with E-state index in [0.717, 1.165) is 43.4 Å². The summed E-state index contributed by atoms with van der Waals surface area (Å²) in [6.45, 7) is 13.7. The number of likely N-dealkylation sites (N-methyl/N-ethyl adjacent to an activating group) is 1. The van der Waals surface area contributed by atoms with Crippen LogP contribution in [0.3, 0.4) is 0 Å². The van der Waals surface area contributed by atoms with E-state index in [0.29, 0.717) is 6.54 Å². The van der Waals surface area contributed by atoms with Crippen molar-refractivity contribution in [1.82, 2.24) is 20.1 Å². The van der Waals surface area contributed by atoms with Crippen molar-refractivity contribution in [3.63, 3.8) is 0 Å². The van der Waals surface area contributed by atoms with Crippen molar-refractivity contribution in [2.24, 2.45) is 0 Å². The lowest BCUT2D eigenvalue weighted by Crippen LogP contribution is -2.51. The number of thiazole rings is 1. The first-order valence-electron chi connectivity index (χ1n) is 7.60. The SMILES string of the molecule is CCN1CCN(C(=O)NCc2csc(C(C)(C)C)n2)CC1. The highest BCUT2D eigenvalue weighted by atomic mass is 32.1. The highest BCUT2D eigenvalue weighted by Gasteiger charge is 2.21. The molecule has 0 bridgehead atoms. The van der Waals surface area contributed by atoms with Gasteiger partial charge in [0.05, 0.1) is 17.2 Å². The zero-order valence-corrected chi connectivity index (χ0v) is 14.3. The number of nitrogens with zero attached hydrogens (tertiary/aromatic N) is 3. The number of piperazine rings is 1. The summed E-state index contributed by atoms with van der Waals surface area (Å²) in [5.74, 6) is 0. The zero-order valence-electron chi connectivity index (χ0n) is 13.5. The highest BCUT2D eigenvalue weighted by Crippen LogP contribution is 2.25. The van der Waals surface area contributed by atoms with Crippen LogP contribution >= 0.6 is 11.3 Å². The number of urea groups is 1. The van der Waals surface area contributed by atoms with E-state index in [2.05, 4.69) is 42.9 Å². The Kier molecular flexibility index (Phi) is 5.22. The lowest BCUT2D eigenvalue weighted by Gasteiger charge is -2.33. The average Bonchev–Trinajstić information content (AvgIpc) is 2.94. The largest absolute Gasteiger partial charge is 0.332 e. The molecular weight excluding hydrogens is 284 g/mol. The summed E-state index contributed by atoms with van der Waals surface area (Å²) in [7, 11) is 0. The quantitative estimate of drug-likeness (QED) is 0.932. The number of nitrogens with one attached hydrogen (secondary N) is 1. The molecule has 118 valence electrons. The van der Waals surface area contributed by atoms with Gasteiger partial charge in [-0.05, 0) is 6.54 Å². The van der Waals surface area contributed by atoms with Gasteiger partial charge in [-0.25, -0.2) is 9.78 Å². The summed E-state index contributed by atoms with van der Waals surface area (Å²) in [6.07, 6.45) is 0. The van der Waals surface area contributed by atoms with Gasteiger partial charge < -0.3 is 15.1 Å². The molecule has 0 radical (unpaired) electrons. The second-order valence-electron chi connectivity index (χ2n) is 6.47. The van der Waals surface area contributed by atoms with Crippen molar-refractivity contribution in [3.8, 4) is 0 Å². The first kappa shape index (κ1) is 16.2. The summed E-state index contributed by atoms with van der Waals surface area (Å²) in [5, 5.41) is 6.13. The van der Waals surface area contributed by atoms with Crippen LogP contribution in [0.4, 0.5) is 4.79 Å². The molecule has 0 aromatic carbocycles. The first-order chi connectivity index (χ1) is 9.90. The van der Waals surface area contributed by atoms with Crippen molar-refractivity contribution in [2.75, 3.05) is 32.7 Å². The topological polar surface area (TPSA) is 48.5 Å². The molecule has 21 heavy (non-hydrogen) atoms. The van der Waals surface area contributed by atoms with Crippen LogP contribution in [-0.4, -0.2) is 53.5 Å². The third kappa shape index (κ3) is 4.41. The summed E-state index contributed by atoms with van der Waals surface area (Å²) >= 11 is 1.66. The fourth-order valence-corrected chi connectivity index (χ4v) is 3.19. The molecule has 1 aromatic rings. The maximum atomic E-state index is 12.1. The summed E-state index contributed by atoms with van der Waals surface area (Å²) < 4.78 is 0. The molecule has 0 spiro atoms. The van der Waals surface area contributed by atoms with Crippen LogP contribution < -0.4 is 5.32 Å². The van der Waals surface area contributed by atoms with E-state index in [9.17, 15) is 4.79 Å². The van der Waals surface area contributed by atoms with Crippen LogP contribution in [0.25, 0.3) is 0 Å². The Hall–Kier alpha value is -1.14. The van der Waals surface area contributed by atoms with E-state index in [1.54, 1.807) is 11.3 Å². The van der Waals surface area contributed by atoms with Crippen LogP contribution in [0.2, 0.25) is 0 Å². The van der Waals surface area contributed by atoms with Crippen molar-refractivity contribution >= 4 is 17.4 Å². The fraction of sp³-hybridized carbons (Fsp3) is 0.733. The van der Waals surface area contributed by atoms with Crippen LogP contribution in [0, 0.1) is 0 Å². The van der Waals surface area contributed by atoms with Gasteiger partial charge in [-0.15, -0.1) is 11.3 Å². The lowest BCUT2D eigenvalue weighted by atomic mass is 9.98. The molecule has 2 amide bonds. The van der Waals surface area contributed by atoms with Crippen molar-refractivity contribution < 1.29 is 4.79 Å². The number of hydrogen-bond donors (Lipinski definition) is 1. The standard InChI is InChI=1S/C15H26N4OS/c1-5-18-6-8-19(9-7-18)14(20)16-10-12-11-21-13(17-12)15(2,3)4/h11H,5-10H2,1-4H3,(H,16,20). The molecule has 1 saturated heterocycles. The van der Waals surface area contributed by atoms with Gasteiger partial charge in [-0.2, -0.15) is 0 Å². The molecule has 0 saturated carbocycles. The monoisotopic (exact) mass is 310 g/mol. The molecule has 0 atom stereocenters. The van der Waals surface area contributed by atoms with Crippen molar-refractivity contribution in [3.05, 3.63) is 16.1 Å². The average molecular weight is 310 g/mol. The fourth-order valence-electron chi connectivity index (χ4n) is 2.28. The normalized spacial score (nSPS) is 17.0. The summed E-state index contributed by atoms with van der Waals surface area (Å²) in [4.78, 5) is 21.0. The molecule has 5 nitrogen and oxygen atoms in total. The maximum absolute atomic E-state index is 12.1. The molecule has 1 N–H and O–H groups in total. The van der Waals surface area contributed by atoms with E-state index < -0.39 is 0 Å². The van der Waals surface area contributed by atoms with Gasteiger partial charge in [0.2, 0.25) is 0 Å². The third-order valence-corrected chi connectivity index (χ3v) is 5.04.